The summed E-state index contributed by atoms with van der Waals surface area (Å²) in [6, 6.07) is 9.61. The van der Waals surface area contributed by atoms with Crippen LogP contribution in [-0.2, 0) is 10.9 Å². The zero-order valence-corrected chi connectivity index (χ0v) is 11.4. The Labute approximate surface area is 102 Å². The molecular formula is C14H21OS+. The fourth-order valence-electron chi connectivity index (χ4n) is 1.74. The van der Waals surface area contributed by atoms with Crippen LogP contribution in [0, 0.1) is 0 Å². The van der Waals surface area contributed by atoms with Crippen molar-refractivity contribution in [1.29, 1.82) is 0 Å². The van der Waals surface area contributed by atoms with Crippen LogP contribution in [-0.4, -0.2) is 22.0 Å². The summed E-state index contributed by atoms with van der Waals surface area (Å²) in [6.45, 7) is 8.84. The van der Waals surface area contributed by atoms with Crippen LogP contribution in [0.2, 0.25) is 0 Å². The van der Waals surface area contributed by atoms with Gasteiger partial charge in [0.05, 0.1) is 0 Å². The Hall–Kier alpha value is -0.760. The predicted octanol–water partition coefficient (Wildman–Crippen LogP) is 3.30. The van der Waals surface area contributed by atoms with Crippen molar-refractivity contribution in [3.8, 4) is 0 Å². The lowest BCUT2D eigenvalue weighted by Gasteiger charge is -2.15. The van der Waals surface area contributed by atoms with Gasteiger partial charge in [0.15, 0.2) is 5.75 Å². The van der Waals surface area contributed by atoms with E-state index in [1.807, 2.05) is 30.3 Å². The largest absolute Gasteiger partial charge is 0.289 e. The minimum Gasteiger partial charge on any atom is -0.289 e. The van der Waals surface area contributed by atoms with Gasteiger partial charge in [0, 0.05) is 16.5 Å². The van der Waals surface area contributed by atoms with Gasteiger partial charge in [-0.05, 0) is 27.7 Å². The van der Waals surface area contributed by atoms with Crippen LogP contribution >= 0.6 is 0 Å². The van der Waals surface area contributed by atoms with Crippen LogP contribution in [0.5, 0.6) is 0 Å². The van der Waals surface area contributed by atoms with Crippen molar-refractivity contribution in [3.63, 3.8) is 0 Å². The Kier molecular flexibility index (Phi) is 5.07. The molecule has 1 nitrogen and oxygen atoms in total. The molecule has 16 heavy (non-hydrogen) atoms. The number of Topliss-reactive ketones (excluding diaryl/α,β-unsaturated/α-hetero) is 1. The maximum absolute atomic E-state index is 12.1. The molecule has 0 aromatic heterocycles. The second-order valence-corrected chi connectivity index (χ2v) is 7.61. The third-order valence-corrected chi connectivity index (χ3v) is 5.62. The Morgan fingerprint density at radius 1 is 1.06 bits per heavy atom. The average Bonchev–Trinajstić information content (AvgIpc) is 2.25. The highest BCUT2D eigenvalue weighted by atomic mass is 32.2. The summed E-state index contributed by atoms with van der Waals surface area (Å²) in [5.74, 6) is 0.977. The SMILES string of the molecule is CC(C)[S+](CC(=O)c1ccccc1)C(C)C. The van der Waals surface area contributed by atoms with Crippen molar-refractivity contribution in [2.24, 2.45) is 0 Å². The normalized spacial score (nSPS) is 11.4. The molecule has 2 heteroatoms. The van der Waals surface area contributed by atoms with Crippen molar-refractivity contribution >= 4 is 16.7 Å². The van der Waals surface area contributed by atoms with Crippen molar-refractivity contribution in [3.05, 3.63) is 35.9 Å². The molecule has 0 saturated carbocycles. The number of hydrogen-bond acceptors (Lipinski definition) is 1. The highest BCUT2D eigenvalue weighted by Crippen LogP contribution is 2.15. The van der Waals surface area contributed by atoms with E-state index in [2.05, 4.69) is 27.7 Å². The summed E-state index contributed by atoms with van der Waals surface area (Å²) in [6.07, 6.45) is 0. The van der Waals surface area contributed by atoms with Gasteiger partial charge in [0.25, 0.3) is 0 Å². The predicted molar refractivity (Wildman–Crippen MR) is 73.3 cm³/mol. The highest BCUT2D eigenvalue weighted by Gasteiger charge is 2.30. The molecule has 0 unspecified atom stereocenters. The molecule has 0 fully saturated rings. The van der Waals surface area contributed by atoms with Gasteiger partial charge < -0.3 is 0 Å². The first kappa shape index (κ1) is 13.3. The number of carbonyl (C=O) groups excluding carboxylic acids is 1. The number of hydrogen-bond donors (Lipinski definition) is 0. The molecule has 0 radical (unpaired) electrons. The van der Waals surface area contributed by atoms with E-state index in [-0.39, 0.29) is 16.7 Å². The topological polar surface area (TPSA) is 17.1 Å². The maximum atomic E-state index is 12.1. The van der Waals surface area contributed by atoms with E-state index in [1.54, 1.807) is 0 Å². The molecule has 88 valence electrons. The molecule has 0 saturated heterocycles. The molecule has 0 amide bonds. The Morgan fingerprint density at radius 2 is 1.56 bits per heavy atom. The lowest BCUT2D eigenvalue weighted by Crippen LogP contribution is -2.31. The minimum atomic E-state index is 0.192. The van der Waals surface area contributed by atoms with Crippen LogP contribution < -0.4 is 0 Å². The van der Waals surface area contributed by atoms with Crippen molar-refractivity contribution in [2.75, 3.05) is 5.75 Å². The van der Waals surface area contributed by atoms with Crippen molar-refractivity contribution < 1.29 is 4.79 Å². The summed E-state index contributed by atoms with van der Waals surface area (Å²) in [5.41, 5.74) is 0.848. The van der Waals surface area contributed by atoms with Gasteiger partial charge in [-0.2, -0.15) is 0 Å². The van der Waals surface area contributed by atoms with Crippen LogP contribution in [0.25, 0.3) is 0 Å². The monoisotopic (exact) mass is 237 g/mol. The van der Waals surface area contributed by atoms with E-state index < -0.39 is 0 Å². The summed E-state index contributed by atoms with van der Waals surface area (Å²) >= 11 is 0. The maximum Gasteiger partial charge on any atom is 0.211 e. The molecule has 0 N–H and O–H groups in total. The number of rotatable bonds is 5. The molecule has 1 aromatic carbocycles. The average molecular weight is 237 g/mol. The van der Waals surface area contributed by atoms with Crippen LogP contribution in [0.3, 0.4) is 0 Å². The Morgan fingerprint density at radius 3 is 2.00 bits per heavy atom. The quantitative estimate of drug-likeness (QED) is 0.567. The third kappa shape index (κ3) is 3.67. The van der Waals surface area contributed by atoms with Gasteiger partial charge in [0.2, 0.25) is 5.78 Å². The molecule has 1 rings (SSSR count). The number of carbonyl (C=O) groups is 1. The first-order valence-electron chi connectivity index (χ1n) is 5.79. The van der Waals surface area contributed by atoms with Gasteiger partial charge in [-0.15, -0.1) is 0 Å². The number of ketones is 1. The van der Waals surface area contributed by atoms with Gasteiger partial charge in [-0.25, -0.2) is 0 Å². The Balaban J connectivity index is 2.70. The van der Waals surface area contributed by atoms with E-state index in [9.17, 15) is 4.79 Å². The zero-order valence-electron chi connectivity index (χ0n) is 10.6. The van der Waals surface area contributed by atoms with E-state index in [0.717, 1.165) is 5.56 Å². The molecule has 0 aliphatic heterocycles. The van der Waals surface area contributed by atoms with Crippen LogP contribution in [0.4, 0.5) is 0 Å². The summed E-state index contributed by atoms with van der Waals surface area (Å²) in [7, 11) is 0.192. The molecular weight excluding hydrogens is 216 g/mol. The molecule has 0 heterocycles. The summed E-state index contributed by atoms with van der Waals surface area (Å²) in [5, 5.41) is 1.18. The van der Waals surface area contributed by atoms with Gasteiger partial charge in [-0.1, -0.05) is 30.3 Å². The van der Waals surface area contributed by atoms with Crippen LogP contribution in [0.1, 0.15) is 38.1 Å². The molecule has 0 bridgehead atoms. The first-order valence-corrected chi connectivity index (χ1v) is 7.31. The number of benzene rings is 1. The van der Waals surface area contributed by atoms with E-state index >= 15 is 0 Å². The van der Waals surface area contributed by atoms with Gasteiger partial charge in [0.1, 0.15) is 10.5 Å². The summed E-state index contributed by atoms with van der Waals surface area (Å²) < 4.78 is 0. The van der Waals surface area contributed by atoms with Crippen molar-refractivity contribution in [1.82, 2.24) is 0 Å². The highest BCUT2D eigenvalue weighted by molar-refractivity contribution is 7.98. The molecule has 1 aromatic rings. The zero-order chi connectivity index (χ0) is 12.1. The lowest BCUT2D eigenvalue weighted by molar-refractivity contribution is 0.102. The lowest BCUT2D eigenvalue weighted by atomic mass is 10.2. The van der Waals surface area contributed by atoms with E-state index in [0.29, 0.717) is 16.3 Å². The minimum absolute atomic E-state index is 0.192. The standard InChI is InChI=1S/C14H21OS/c1-11(2)16(12(3)4)10-14(15)13-8-6-5-7-9-13/h5-9,11-12H,10H2,1-4H3/q+1. The van der Waals surface area contributed by atoms with Gasteiger partial charge in [-0.3, -0.25) is 4.79 Å². The second kappa shape index (κ2) is 6.09. The Bertz CT molecular complexity index is 322. The fraction of sp³-hybridized carbons (Fsp3) is 0.500. The van der Waals surface area contributed by atoms with Gasteiger partial charge >= 0.3 is 0 Å². The van der Waals surface area contributed by atoms with Crippen LogP contribution in [0.15, 0.2) is 30.3 Å². The first-order chi connectivity index (χ1) is 7.52. The van der Waals surface area contributed by atoms with E-state index in [4.69, 9.17) is 0 Å². The summed E-state index contributed by atoms with van der Waals surface area (Å²) in [4.78, 5) is 12.1. The molecule has 0 aliphatic carbocycles. The molecule has 0 aliphatic rings. The smallest absolute Gasteiger partial charge is 0.211 e. The molecule has 0 spiro atoms. The third-order valence-electron chi connectivity index (χ3n) is 2.60. The van der Waals surface area contributed by atoms with E-state index in [1.165, 1.54) is 0 Å². The van der Waals surface area contributed by atoms with Crippen molar-refractivity contribution in [2.45, 2.75) is 38.2 Å². The second-order valence-electron chi connectivity index (χ2n) is 4.50. The fourth-order valence-corrected chi connectivity index (χ4v) is 3.96. The molecule has 0 atom stereocenters.